The third-order valence-electron chi connectivity index (χ3n) is 5.57. The number of nitrogens with two attached hydrogens (primary N) is 1. The Labute approximate surface area is 188 Å². The zero-order valence-electron chi connectivity index (χ0n) is 17.8. The van der Waals surface area contributed by atoms with Gasteiger partial charge in [0.2, 0.25) is 5.70 Å². The molecule has 0 radical (unpaired) electrons. The molecule has 0 aliphatic carbocycles. The summed E-state index contributed by atoms with van der Waals surface area (Å²) in [5.74, 6) is 1.38. The number of thiazole rings is 1. The SMILES string of the molecule is Cc1nc(C2=C(C(=O)NC3CCn4nc(-c5ccccc5)nc4C3)[NH2+]N=C2)c(C(C)O)s1. The van der Waals surface area contributed by atoms with Crippen molar-refractivity contribution < 1.29 is 15.3 Å². The molecule has 4 heterocycles. The van der Waals surface area contributed by atoms with E-state index in [1.807, 2.05) is 41.9 Å². The van der Waals surface area contributed by atoms with Crippen molar-refractivity contribution in [2.45, 2.75) is 45.4 Å². The quantitative estimate of drug-likeness (QED) is 0.504. The van der Waals surface area contributed by atoms with Crippen LogP contribution in [0.3, 0.4) is 0 Å². The Balaban J connectivity index is 1.34. The Morgan fingerprint density at radius 1 is 1.31 bits per heavy atom. The van der Waals surface area contributed by atoms with E-state index in [-0.39, 0.29) is 11.9 Å². The number of nitrogens with one attached hydrogen (secondary N) is 1. The first-order valence-electron chi connectivity index (χ1n) is 10.6. The van der Waals surface area contributed by atoms with Gasteiger partial charge < -0.3 is 10.4 Å². The van der Waals surface area contributed by atoms with Crippen LogP contribution in [0.2, 0.25) is 0 Å². The Bertz CT molecular complexity index is 1230. The fraction of sp³-hybridized carbons (Fsp3) is 0.318. The average Bonchev–Trinajstić information content (AvgIpc) is 3.51. The number of carbonyl (C=O) groups is 1. The van der Waals surface area contributed by atoms with Crippen molar-refractivity contribution >= 4 is 29.0 Å². The van der Waals surface area contributed by atoms with Crippen LogP contribution in [0.25, 0.3) is 17.0 Å². The van der Waals surface area contributed by atoms with Gasteiger partial charge in [-0.2, -0.15) is 10.5 Å². The maximum Gasteiger partial charge on any atom is 0.308 e. The molecule has 164 valence electrons. The molecule has 0 saturated heterocycles. The molecule has 4 N–H and O–H groups in total. The van der Waals surface area contributed by atoms with E-state index in [9.17, 15) is 9.90 Å². The van der Waals surface area contributed by atoms with Crippen molar-refractivity contribution in [3.05, 3.63) is 57.4 Å². The Morgan fingerprint density at radius 3 is 2.91 bits per heavy atom. The molecule has 1 amide bonds. The topological polar surface area (TPSA) is 122 Å². The molecule has 32 heavy (non-hydrogen) atoms. The summed E-state index contributed by atoms with van der Waals surface area (Å²) >= 11 is 1.43. The second kappa shape index (κ2) is 8.38. The van der Waals surface area contributed by atoms with Gasteiger partial charge in [-0.25, -0.2) is 14.6 Å². The molecule has 2 aliphatic rings. The van der Waals surface area contributed by atoms with Crippen molar-refractivity contribution in [2.24, 2.45) is 5.10 Å². The first kappa shape index (κ1) is 20.7. The van der Waals surface area contributed by atoms with Crippen molar-refractivity contribution in [3.8, 4) is 11.4 Å². The minimum absolute atomic E-state index is 0.0426. The lowest BCUT2D eigenvalue weighted by Gasteiger charge is -2.22. The number of aliphatic hydroxyl groups is 1. The van der Waals surface area contributed by atoms with Crippen LogP contribution in [0, 0.1) is 6.92 Å². The van der Waals surface area contributed by atoms with Crippen molar-refractivity contribution in [3.63, 3.8) is 0 Å². The Kier molecular flexibility index (Phi) is 5.41. The van der Waals surface area contributed by atoms with Crippen molar-refractivity contribution in [1.29, 1.82) is 0 Å². The van der Waals surface area contributed by atoms with Crippen LogP contribution in [-0.2, 0) is 17.8 Å². The molecule has 3 aromatic rings. The summed E-state index contributed by atoms with van der Waals surface area (Å²) < 4.78 is 1.92. The zero-order valence-corrected chi connectivity index (χ0v) is 18.6. The third kappa shape index (κ3) is 3.88. The smallest absolute Gasteiger partial charge is 0.308 e. The molecule has 0 saturated carbocycles. The summed E-state index contributed by atoms with van der Waals surface area (Å²) in [5, 5.41) is 22.9. The highest BCUT2D eigenvalue weighted by Gasteiger charge is 2.32. The van der Waals surface area contributed by atoms with Gasteiger partial charge in [0.1, 0.15) is 5.82 Å². The minimum Gasteiger partial charge on any atom is -0.388 e. The summed E-state index contributed by atoms with van der Waals surface area (Å²) in [6, 6.07) is 9.85. The second-order valence-corrected chi connectivity index (χ2v) is 9.20. The molecule has 1 aromatic carbocycles. The molecule has 5 rings (SSSR count). The normalized spacial score (nSPS) is 18.7. The molecule has 0 bridgehead atoms. The molecule has 10 heteroatoms. The van der Waals surface area contributed by atoms with Gasteiger partial charge in [0, 0.05) is 24.6 Å². The monoisotopic (exact) mass is 450 g/mol. The molecule has 2 atom stereocenters. The number of allylic oxidation sites excluding steroid dienone is 1. The number of aliphatic hydroxyl groups excluding tert-OH is 1. The van der Waals surface area contributed by atoms with Gasteiger partial charge in [-0.15, -0.1) is 11.3 Å². The van der Waals surface area contributed by atoms with E-state index in [0.29, 0.717) is 35.8 Å². The molecular weight excluding hydrogens is 426 g/mol. The predicted molar refractivity (Wildman–Crippen MR) is 121 cm³/mol. The van der Waals surface area contributed by atoms with E-state index in [1.54, 1.807) is 18.6 Å². The van der Waals surface area contributed by atoms with Gasteiger partial charge in [0.25, 0.3) is 0 Å². The van der Waals surface area contributed by atoms with Gasteiger partial charge >= 0.3 is 5.91 Å². The maximum atomic E-state index is 13.1. The number of benzene rings is 1. The molecular formula is C22H24N7O2S+. The number of carbonyl (C=O) groups excluding carboxylic acids is 1. The van der Waals surface area contributed by atoms with Crippen LogP contribution >= 0.6 is 11.3 Å². The Hall–Kier alpha value is -3.21. The van der Waals surface area contributed by atoms with E-state index in [1.165, 1.54) is 11.3 Å². The second-order valence-electron chi connectivity index (χ2n) is 7.96. The third-order valence-corrected chi connectivity index (χ3v) is 6.71. The van der Waals surface area contributed by atoms with Crippen molar-refractivity contribution in [1.82, 2.24) is 25.1 Å². The molecule has 2 aliphatic heterocycles. The van der Waals surface area contributed by atoms with Crippen LogP contribution in [-0.4, -0.2) is 43.0 Å². The van der Waals surface area contributed by atoms with E-state index >= 15 is 0 Å². The molecule has 0 spiro atoms. The van der Waals surface area contributed by atoms with Gasteiger partial charge in [0.15, 0.2) is 5.82 Å². The summed E-state index contributed by atoms with van der Waals surface area (Å²) in [7, 11) is 0. The average molecular weight is 451 g/mol. The van der Waals surface area contributed by atoms with Crippen LogP contribution in [0.1, 0.15) is 40.9 Å². The number of hydrogen-bond donors (Lipinski definition) is 3. The van der Waals surface area contributed by atoms with Gasteiger partial charge in [0.05, 0.1) is 33.5 Å². The van der Waals surface area contributed by atoms with Crippen LogP contribution < -0.4 is 10.7 Å². The van der Waals surface area contributed by atoms with Crippen LogP contribution in [0.15, 0.2) is 41.1 Å². The maximum absolute atomic E-state index is 13.1. The number of aromatic nitrogens is 4. The highest BCUT2D eigenvalue weighted by atomic mass is 32.1. The largest absolute Gasteiger partial charge is 0.388 e. The van der Waals surface area contributed by atoms with Gasteiger partial charge in [-0.1, -0.05) is 35.4 Å². The fourth-order valence-electron chi connectivity index (χ4n) is 4.01. The number of rotatable bonds is 5. The Morgan fingerprint density at radius 2 is 2.12 bits per heavy atom. The van der Waals surface area contributed by atoms with Gasteiger partial charge in [-0.05, 0) is 20.3 Å². The fourth-order valence-corrected chi connectivity index (χ4v) is 4.89. The number of fused-ring (bicyclic) bond motifs is 1. The number of hydrogen-bond acceptors (Lipinski definition) is 7. The molecule has 0 fully saturated rings. The van der Waals surface area contributed by atoms with E-state index in [2.05, 4.69) is 20.5 Å². The summed E-state index contributed by atoms with van der Waals surface area (Å²) in [6.45, 7) is 4.29. The first-order chi connectivity index (χ1) is 15.5. The van der Waals surface area contributed by atoms with E-state index in [0.717, 1.165) is 27.7 Å². The van der Waals surface area contributed by atoms with E-state index < -0.39 is 6.10 Å². The highest BCUT2D eigenvalue weighted by Crippen LogP contribution is 2.30. The number of quaternary nitrogens is 1. The molecule has 2 aromatic heterocycles. The predicted octanol–water partition coefficient (Wildman–Crippen LogP) is 1.17. The summed E-state index contributed by atoms with van der Waals surface area (Å²) in [5.41, 5.74) is 4.28. The van der Waals surface area contributed by atoms with Crippen LogP contribution in [0.4, 0.5) is 0 Å². The first-order valence-corrected chi connectivity index (χ1v) is 11.4. The summed E-state index contributed by atoms with van der Waals surface area (Å²) in [6.07, 6.45) is 2.36. The lowest BCUT2D eigenvalue weighted by molar-refractivity contribution is -0.602. The molecule has 2 unspecified atom stereocenters. The number of aryl methyl sites for hydroxylation is 2. The lowest BCUT2D eigenvalue weighted by Crippen LogP contribution is -2.77. The lowest BCUT2D eigenvalue weighted by atomic mass is 10.1. The van der Waals surface area contributed by atoms with E-state index in [4.69, 9.17) is 4.98 Å². The van der Waals surface area contributed by atoms with Gasteiger partial charge in [-0.3, -0.25) is 4.79 Å². The minimum atomic E-state index is -0.662. The zero-order chi connectivity index (χ0) is 22.2. The molecule has 9 nitrogen and oxygen atoms in total. The standard InChI is InChI=1S/C22H23N7O2S/c1-12(30)20-18(24-13(2)32-20)16-11-23-27-19(16)22(31)25-15-8-9-29-17(10-15)26-21(28-29)14-6-4-3-5-7-14/h3-7,11-12,15,30H,8-10H2,1-2H3,(H,23,27)(H,25,31)/p+1. The van der Waals surface area contributed by atoms with Crippen LogP contribution in [0.5, 0.6) is 0 Å². The van der Waals surface area contributed by atoms with Crippen molar-refractivity contribution in [2.75, 3.05) is 0 Å². The summed E-state index contributed by atoms with van der Waals surface area (Å²) in [4.78, 5) is 23.1. The number of nitrogens with zero attached hydrogens (tertiary/aromatic N) is 5. The number of amides is 1. The highest BCUT2D eigenvalue weighted by molar-refractivity contribution is 7.11.